The number of ether oxygens (including phenoxy) is 2. The molecule has 9 heteroatoms. The van der Waals surface area contributed by atoms with Crippen molar-refractivity contribution < 1.29 is 17.9 Å². The lowest BCUT2D eigenvalue weighted by Gasteiger charge is -2.28. The van der Waals surface area contributed by atoms with Crippen molar-refractivity contribution in [3.8, 4) is 5.75 Å². The highest BCUT2D eigenvalue weighted by molar-refractivity contribution is 7.89. The fraction of sp³-hybridized carbons (Fsp3) is 0.625. The topological polar surface area (TPSA) is 76.7 Å². The summed E-state index contributed by atoms with van der Waals surface area (Å²) in [6.07, 6.45) is 2.55. The average molecular weight is 411 g/mol. The average Bonchev–Trinajstić information content (AvgIpc) is 3.12. The van der Waals surface area contributed by atoms with E-state index in [-0.39, 0.29) is 35.5 Å². The number of nitrogens with one attached hydrogen (secondary N) is 2. The van der Waals surface area contributed by atoms with Crippen LogP contribution < -0.4 is 14.8 Å². The highest BCUT2D eigenvalue weighted by Crippen LogP contribution is 2.38. The van der Waals surface area contributed by atoms with E-state index >= 15 is 0 Å². The number of benzene rings is 1. The summed E-state index contributed by atoms with van der Waals surface area (Å²) in [5.41, 5.74) is 0.487. The summed E-state index contributed by atoms with van der Waals surface area (Å²) in [7, 11) is -2.03. The van der Waals surface area contributed by atoms with Crippen LogP contribution in [0.3, 0.4) is 0 Å². The molecule has 1 fully saturated rings. The van der Waals surface area contributed by atoms with Gasteiger partial charge in [-0.3, -0.25) is 0 Å². The Balaban J connectivity index is 0.00000225. The predicted octanol–water partition coefficient (Wildman–Crippen LogP) is 2.13. The zero-order valence-corrected chi connectivity index (χ0v) is 16.7. The monoisotopic (exact) mass is 410 g/mol. The van der Waals surface area contributed by atoms with Crippen LogP contribution in [0.2, 0.25) is 5.02 Å². The lowest BCUT2D eigenvalue weighted by Crippen LogP contribution is -2.52. The number of methoxy groups -OCH3 is 1. The van der Waals surface area contributed by atoms with Crippen LogP contribution in [0, 0.1) is 0 Å². The Kier molecular flexibility index (Phi) is 6.62. The summed E-state index contributed by atoms with van der Waals surface area (Å²) in [5.74, 6) is 0.594. The first-order valence-corrected chi connectivity index (χ1v) is 9.94. The lowest BCUT2D eigenvalue weighted by molar-refractivity contribution is 0.122. The highest BCUT2D eigenvalue weighted by Gasteiger charge is 2.35. The molecule has 0 aromatic heterocycles. The normalized spacial score (nSPS) is 25.3. The minimum Gasteiger partial charge on any atom is -0.489 e. The highest BCUT2D eigenvalue weighted by atomic mass is 35.5. The van der Waals surface area contributed by atoms with E-state index in [2.05, 4.69) is 10.0 Å². The molecule has 0 aliphatic carbocycles. The number of hydrogen-bond acceptors (Lipinski definition) is 5. The summed E-state index contributed by atoms with van der Waals surface area (Å²) in [5, 5.41) is 3.69. The van der Waals surface area contributed by atoms with Crippen LogP contribution in [-0.4, -0.2) is 46.9 Å². The second-order valence-corrected chi connectivity index (χ2v) is 8.77. The fourth-order valence-corrected chi connectivity index (χ4v) is 4.95. The molecule has 0 spiro atoms. The fourth-order valence-electron chi connectivity index (χ4n) is 3.40. The van der Waals surface area contributed by atoms with E-state index in [0.717, 1.165) is 24.9 Å². The number of sulfonamides is 1. The van der Waals surface area contributed by atoms with Crippen LogP contribution >= 0.6 is 24.0 Å². The van der Waals surface area contributed by atoms with Gasteiger partial charge in [0.15, 0.2) is 0 Å². The molecule has 1 aromatic carbocycles. The van der Waals surface area contributed by atoms with Gasteiger partial charge in [0.25, 0.3) is 0 Å². The molecule has 0 amide bonds. The Labute approximate surface area is 160 Å². The SMILES string of the molecule is COCC1(CNS(=O)(=O)c2cc(Cl)c3c(c2)CC(C)O3)CCCN1.Cl. The first kappa shape index (κ1) is 20.7. The quantitative estimate of drug-likeness (QED) is 0.750. The van der Waals surface area contributed by atoms with Gasteiger partial charge >= 0.3 is 0 Å². The van der Waals surface area contributed by atoms with E-state index in [1.165, 1.54) is 6.07 Å². The zero-order valence-electron chi connectivity index (χ0n) is 14.3. The van der Waals surface area contributed by atoms with Gasteiger partial charge in [-0.15, -0.1) is 12.4 Å². The summed E-state index contributed by atoms with van der Waals surface area (Å²) in [6.45, 7) is 3.55. The maximum Gasteiger partial charge on any atom is 0.240 e. The van der Waals surface area contributed by atoms with Crippen molar-refractivity contribution in [2.24, 2.45) is 0 Å². The van der Waals surface area contributed by atoms with Gasteiger partial charge in [-0.1, -0.05) is 11.6 Å². The van der Waals surface area contributed by atoms with E-state index in [9.17, 15) is 8.42 Å². The molecule has 1 aromatic rings. The van der Waals surface area contributed by atoms with Crippen molar-refractivity contribution in [1.29, 1.82) is 0 Å². The Bertz CT molecular complexity index is 721. The molecule has 2 N–H and O–H groups in total. The summed E-state index contributed by atoms with van der Waals surface area (Å²) >= 11 is 6.20. The van der Waals surface area contributed by atoms with Gasteiger partial charge in [-0.05, 0) is 38.4 Å². The van der Waals surface area contributed by atoms with E-state index in [1.54, 1.807) is 13.2 Å². The third-order valence-electron chi connectivity index (χ3n) is 4.58. The molecule has 1 saturated heterocycles. The minimum absolute atomic E-state index is 0. The van der Waals surface area contributed by atoms with Crippen molar-refractivity contribution in [2.75, 3.05) is 26.8 Å². The standard InChI is InChI=1S/C16H23ClN2O4S.ClH/c1-11-6-12-7-13(8-14(17)15(12)23-11)24(20,21)19-9-16(10-22-2)4-3-5-18-16;/h7-8,11,18-19H,3-6,9-10H2,1-2H3;1H. The van der Waals surface area contributed by atoms with Crippen LogP contribution in [0.1, 0.15) is 25.3 Å². The molecule has 25 heavy (non-hydrogen) atoms. The number of fused-ring (bicyclic) bond motifs is 1. The molecule has 2 aliphatic heterocycles. The number of hydrogen-bond donors (Lipinski definition) is 2. The predicted molar refractivity (Wildman–Crippen MR) is 99.5 cm³/mol. The molecule has 6 nitrogen and oxygen atoms in total. The molecular weight excluding hydrogens is 387 g/mol. The summed E-state index contributed by atoms with van der Waals surface area (Å²) < 4.78 is 39.0. The first-order chi connectivity index (χ1) is 11.4. The molecule has 2 heterocycles. The second-order valence-electron chi connectivity index (χ2n) is 6.59. The van der Waals surface area contributed by atoms with Crippen molar-refractivity contribution in [1.82, 2.24) is 10.0 Å². The van der Waals surface area contributed by atoms with E-state index < -0.39 is 10.0 Å². The van der Waals surface area contributed by atoms with Crippen LogP contribution in [0.5, 0.6) is 5.75 Å². The van der Waals surface area contributed by atoms with Gasteiger partial charge in [-0.2, -0.15) is 0 Å². The van der Waals surface area contributed by atoms with Gasteiger partial charge < -0.3 is 14.8 Å². The largest absolute Gasteiger partial charge is 0.489 e. The van der Waals surface area contributed by atoms with Gasteiger partial charge in [0.2, 0.25) is 10.0 Å². The van der Waals surface area contributed by atoms with Crippen LogP contribution in [0.15, 0.2) is 17.0 Å². The number of halogens is 2. The molecule has 0 radical (unpaired) electrons. The van der Waals surface area contributed by atoms with Crippen molar-refractivity contribution >= 4 is 34.0 Å². The van der Waals surface area contributed by atoms with Gasteiger partial charge in [-0.25, -0.2) is 13.1 Å². The van der Waals surface area contributed by atoms with E-state index in [4.69, 9.17) is 21.1 Å². The van der Waals surface area contributed by atoms with Crippen LogP contribution in [0.25, 0.3) is 0 Å². The van der Waals surface area contributed by atoms with Crippen LogP contribution in [0.4, 0.5) is 0 Å². The molecule has 0 bridgehead atoms. The Morgan fingerprint density at radius 1 is 1.48 bits per heavy atom. The van der Waals surface area contributed by atoms with E-state index in [1.807, 2.05) is 6.92 Å². The third-order valence-corrected chi connectivity index (χ3v) is 6.25. The Hall–Kier alpha value is -0.570. The first-order valence-electron chi connectivity index (χ1n) is 8.08. The molecular formula is C16H24Cl2N2O4S. The van der Waals surface area contributed by atoms with Gasteiger partial charge in [0.05, 0.1) is 22.1 Å². The molecule has 142 valence electrons. The molecule has 2 atom stereocenters. The second kappa shape index (κ2) is 7.98. The molecule has 2 aliphatic rings. The number of rotatable bonds is 6. The van der Waals surface area contributed by atoms with Gasteiger partial charge in [0.1, 0.15) is 11.9 Å². The smallest absolute Gasteiger partial charge is 0.240 e. The van der Waals surface area contributed by atoms with Crippen LogP contribution in [-0.2, 0) is 21.2 Å². The summed E-state index contributed by atoms with van der Waals surface area (Å²) in [4.78, 5) is 0.175. The maximum absolute atomic E-state index is 12.7. The summed E-state index contributed by atoms with van der Waals surface area (Å²) in [6, 6.07) is 3.10. The van der Waals surface area contributed by atoms with Crippen molar-refractivity contribution in [3.05, 3.63) is 22.7 Å². The molecule has 0 saturated carbocycles. The van der Waals surface area contributed by atoms with Crippen molar-refractivity contribution in [3.63, 3.8) is 0 Å². The maximum atomic E-state index is 12.7. The third kappa shape index (κ3) is 4.40. The van der Waals surface area contributed by atoms with Gasteiger partial charge in [0, 0.05) is 25.6 Å². The van der Waals surface area contributed by atoms with E-state index in [0.29, 0.717) is 23.8 Å². The van der Waals surface area contributed by atoms with Crippen molar-refractivity contribution in [2.45, 2.75) is 42.7 Å². The lowest BCUT2D eigenvalue weighted by atomic mass is 9.99. The Morgan fingerprint density at radius 2 is 2.24 bits per heavy atom. The Morgan fingerprint density at radius 3 is 2.88 bits per heavy atom. The molecule has 3 rings (SSSR count). The zero-order chi connectivity index (χ0) is 17.4. The minimum atomic E-state index is -3.65. The molecule has 2 unspecified atom stereocenters.